The molecule has 3 nitrogen and oxygen atoms in total. The van der Waals surface area contributed by atoms with Crippen LogP contribution < -0.4 is 0 Å². The number of nitrogens with one attached hydrogen (secondary N) is 1. The summed E-state index contributed by atoms with van der Waals surface area (Å²) >= 11 is 11.7. The first-order valence-electron chi connectivity index (χ1n) is 4.64. The second-order valence-corrected chi connectivity index (χ2v) is 4.14. The van der Waals surface area contributed by atoms with E-state index in [1.54, 1.807) is 18.2 Å². The van der Waals surface area contributed by atoms with Gasteiger partial charge in [-0.05, 0) is 18.2 Å². The van der Waals surface area contributed by atoms with E-state index in [9.17, 15) is 0 Å². The minimum atomic E-state index is 0.336. The highest BCUT2D eigenvalue weighted by atomic mass is 35.5. The molecule has 2 rings (SSSR count). The molecule has 1 aromatic carbocycles. The van der Waals surface area contributed by atoms with Gasteiger partial charge < -0.3 is 4.98 Å². The number of halogens is 2. The van der Waals surface area contributed by atoms with Gasteiger partial charge >= 0.3 is 0 Å². The summed E-state index contributed by atoms with van der Waals surface area (Å²) in [5.74, 6) is 0. The summed E-state index contributed by atoms with van der Waals surface area (Å²) in [6.07, 6.45) is 0. The number of H-pyrrole nitrogens is 1. The average molecular weight is 262 g/mol. The number of rotatable bonds is 1. The lowest BCUT2D eigenvalue weighted by molar-refractivity contribution is 1.33. The van der Waals surface area contributed by atoms with Crippen molar-refractivity contribution >= 4 is 23.2 Å². The van der Waals surface area contributed by atoms with Crippen LogP contribution in [-0.2, 0) is 0 Å². The van der Waals surface area contributed by atoms with Crippen molar-refractivity contribution in [2.45, 2.75) is 0 Å². The Kier molecular flexibility index (Phi) is 3.06. The van der Waals surface area contributed by atoms with E-state index in [0.29, 0.717) is 27.0 Å². The summed E-state index contributed by atoms with van der Waals surface area (Å²) in [7, 11) is 0. The van der Waals surface area contributed by atoms with E-state index >= 15 is 0 Å². The van der Waals surface area contributed by atoms with Crippen LogP contribution in [0.2, 0.25) is 10.0 Å². The van der Waals surface area contributed by atoms with E-state index in [4.69, 9.17) is 33.7 Å². The summed E-state index contributed by atoms with van der Waals surface area (Å²) in [6, 6.07) is 10.5. The monoisotopic (exact) mass is 261 g/mol. The van der Waals surface area contributed by atoms with Gasteiger partial charge in [0, 0.05) is 5.56 Å². The predicted octanol–water partition coefficient (Wildman–Crippen LogP) is 3.73. The summed E-state index contributed by atoms with van der Waals surface area (Å²) in [6.45, 7) is 0. The van der Waals surface area contributed by atoms with Crippen molar-refractivity contribution in [2.24, 2.45) is 0 Å². The van der Waals surface area contributed by atoms with Crippen LogP contribution in [-0.4, -0.2) is 4.98 Å². The maximum absolute atomic E-state index is 8.97. The molecule has 0 saturated carbocycles. The van der Waals surface area contributed by atoms with Gasteiger partial charge in [0.1, 0.15) is 17.8 Å². The third-order valence-corrected chi connectivity index (χ3v) is 3.01. The molecule has 0 bridgehead atoms. The Balaban J connectivity index is 2.61. The highest BCUT2D eigenvalue weighted by Crippen LogP contribution is 2.29. The lowest BCUT2D eigenvalue weighted by Gasteiger charge is -2.01. The normalized spacial score (nSPS) is 9.65. The minimum Gasteiger partial charge on any atom is -0.345 e. The number of benzene rings is 1. The first-order chi connectivity index (χ1) is 8.15. The van der Waals surface area contributed by atoms with Crippen LogP contribution in [0.1, 0.15) is 11.3 Å². The standard InChI is InChI=1S/C12H5Cl2N3/c13-10-2-1-7(4-11(10)14)12-8(5-15)3-9(6-16)17-12/h1-4,17H. The Morgan fingerprint density at radius 3 is 2.35 bits per heavy atom. The summed E-state index contributed by atoms with van der Waals surface area (Å²) < 4.78 is 0. The fraction of sp³-hybridized carbons (Fsp3) is 0. The molecule has 0 aliphatic heterocycles. The van der Waals surface area contributed by atoms with Gasteiger partial charge in [-0.15, -0.1) is 0 Å². The zero-order valence-corrected chi connectivity index (χ0v) is 9.97. The molecule has 0 fully saturated rings. The molecule has 0 radical (unpaired) electrons. The maximum atomic E-state index is 8.97. The Hall–Kier alpha value is -1.94. The fourth-order valence-electron chi connectivity index (χ4n) is 1.48. The van der Waals surface area contributed by atoms with E-state index in [2.05, 4.69) is 4.98 Å². The zero-order valence-electron chi connectivity index (χ0n) is 8.46. The van der Waals surface area contributed by atoms with Crippen molar-refractivity contribution in [1.29, 1.82) is 10.5 Å². The molecule has 0 spiro atoms. The van der Waals surface area contributed by atoms with Crippen LogP contribution in [0.4, 0.5) is 0 Å². The predicted molar refractivity (Wildman–Crippen MR) is 65.7 cm³/mol. The largest absolute Gasteiger partial charge is 0.345 e. The van der Waals surface area contributed by atoms with E-state index in [-0.39, 0.29) is 0 Å². The van der Waals surface area contributed by atoms with Crippen LogP contribution in [0.25, 0.3) is 11.3 Å². The first-order valence-corrected chi connectivity index (χ1v) is 5.40. The van der Waals surface area contributed by atoms with Gasteiger partial charge in [-0.2, -0.15) is 10.5 Å². The molecule has 5 heteroatoms. The lowest BCUT2D eigenvalue weighted by Crippen LogP contribution is -1.82. The number of hydrogen-bond donors (Lipinski definition) is 1. The molecule has 0 atom stereocenters. The quantitative estimate of drug-likeness (QED) is 0.850. The van der Waals surface area contributed by atoms with Crippen LogP contribution in [0, 0.1) is 22.7 Å². The fourth-order valence-corrected chi connectivity index (χ4v) is 1.78. The molecule has 1 heterocycles. The molecule has 82 valence electrons. The van der Waals surface area contributed by atoms with Crippen molar-refractivity contribution in [2.75, 3.05) is 0 Å². The molecule has 0 saturated heterocycles. The summed E-state index contributed by atoms with van der Waals surface area (Å²) in [5.41, 5.74) is 2.03. The van der Waals surface area contributed by atoms with Crippen molar-refractivity contribution in [3.63, 3.8) is 0 Å². The smallest absolute Gasteiger partial charge is 0.119 e. The topological polar surface area (TPSA) is 63.4 Å². The van der Waals surface area contributed by atoms with Crippen LogP contribution in [0.5, 0.6) is 0 Å². The van der Waals surface area contributed by atoms with Gasteiger partial charge in [0.2, 0.25) is 0 Å². The third kappa shape index (κ3) is 2.12. The number of aromatic nitrogens is 1. The Bertz CT molecular complexity index is 659. The minimum absolute atomic E-state index is 0.336. The summed E-state index contributed by atoms with van der Waals surface area (Å²) in [4.78, 5) is 2.86. The van der Waals surface area contributed by atoms with Crippen molar-refractivity contribution in [3.8, 4) is 23.4 Å². The molecular weight excluding hydrogens is 257 g/mol. The van der Waals surface area contributed by atoms with Gasteiger partial charge in [0.05, 0.1) is 21.3 Å². The first kappa shape index (κ1) is 11.5. The van der Waals surface area contributed by atoms with Gasteiger partial charge in [-0.25, -0.2) is 0 Å². The van der Waals surface area contributed by atoms with Gasteiger partial charge in [0.15, 0.2) is 0 Å². The maximum Gasteiger partial charge on any atom is 0.119 e. The Morgan fingerprint density at radius 1 is 1.00 bits per heavy atom. The molecule has 0 aliphatic rings. The highest BCUT2D eigenvalue weighted by molar-refractivity contribution is 6.42. The average Bonchev–Trinajstić information content (AvgIpc) is 2.76. The summed E-state index contributed by atoms with van der Waals surface area (Å²) in [5, 5.41) is 18.6. The second-order valence-electron chi connectivity index (χ2n) is 3.32. The number of hydrogen-bond acceptors (Lipinski definition) is 2. The van der Waals surface area contributed by atoms with Gasteiger partial charge in [0.25, 0.3) is 0 Å². The Morgan fingerprint density at radius 2 is 1.76 bits per heavy atom. The van der Waals surface area contributed by atoms with E-state index in [1.165, 1.54) is 6.07 Å². The molecule has 0 unspecified atom stereocenters. The van der Waals surface area contributed by atoms with Crippen LogP contribution in [0.3, 0.4) is 0 Å². The van der Waals surface area contributed by atoms with Gasteiger partial charge in [-0.3, -0.25) is 0 Å². The lowest BCUT2D eigenvalue weighted by atomic mass is 10.1. The van der Waals surface area contributed by atoms with Crippen LogP contribution in [0.15, 0.2) is 24.3 Å². The van der Waals surface area contributed by atoms with E-state index in [1.807, 2.05) is 12.1 Å². The van der Waals surface area contributed by atoms with Gasteiger partial charge in [-0.1, -0.05) is 29.3 Å². The third-order valence-electron chi connectivity index (χ3n) is 2.27. The number of nitriles is 2. The molecule has 1 aromatic heterocycles. The second kappa shape index (κ2) is 4.51. The number of nitrogens with zero attached hydrogens (tertiary/aromatic N) is 2. The molecule has 1 N–H and O–H groups in total. The zero-order chi connectivity index (χ0) is 12.4. The Labute approximate surface area is 108 Å². The van der Waals surface area contributed by atoms with Crippen LogP contribution >= 0.6 is 23.2 Å². The van der Waals surface area contributed by atoms with E-state index < -0.39 is 0 Å². The molecule has 17 heavy (non-hydrogen) atoms. The molecular formula is C12H5Cl2N3. The molecule has 2 aromatic rings. The van der Waals surface area contributed by atoms with Crippen molar-refractivity contribution < 1.29 is 0 Å². The van der Waals surface area contributed by atoms with Crippen molar-refractivity contribution in [3.05, 3.63) is 45.6 Å². The number of aromatic amines is 1. The highest BCUT2D eigenvalue weighted by Gasteiger charge is 2.11. The van der Waals surface area contributed by atoms with Crippen molar-refractivity contribution in [1.82, 2.24) is 4.98 Å². The molecule has 0 aliphatic carbocycles. The van der Waals surface area contributed by atoms with E-state index in [0.717, 1.165) is 5.56 Å². The SMILES string of the molecule is N#Cc1cc(C#N)c(-c2ccc(Cl)c(Cl)c2)[nH]1. The molecule has 0 amide bonds.